The van der Waals surface area contributed by atoms with Crippen LogP contribution in [0.15, 0.2) is 46.4 Å². The Balaban J connectivity index is 1.92. The second-order valence-electron chi connectivity index (χ2n) is 8.81. The summed E-state index contributed by atoms with van der Waals surface area (Å²) in [6, 6.07) is 9.73. The SMILES string of the molecule is Cc1cc(O[C@H]2C[C@@H](Oc3ccc(C(=N)N)c(C)c3)[C@H](N=C(N)N)C[C@@H]2N=C(N)N)ccc1C(=N)N. The van der Waals surface area contributed by atoms with Gasteiger partial charge in [0.25, 0.3) is 0 Å². The first kappa shape index (κ1) is 26.1. The summed E-state index contributed by atoms with van der Waals surface area (Å²) in [5.41, 5.74) is 37.0. The van der Waals surface area contributed by atoms with E-state index in [1.165, 1.54) is 0 Å². The number of nitrogen functional groups attached to an aromatic ring is 2. The second-order valence-corrected chi connectivity index (χ2v) is 8.81. The number of nitrogens with one attached hydrogen (secondary N) is 2. The van der Waals surface area contributed by atoms with Crippen molar-refractivity contribution >= 4 is 23.6 Å². The molecule has 12 heteroatoms. The largest absolute Gasteiger partial charge is 0.488 e. The number of nitrogens with two attached hydrogens (primary N) is 6. The van der Waals surface area contributed by atoms with Crippen LogP contribution in [0, 0.1) is 24.7 Å². The first-order valence-electron chi connectivity index (χ1n) is 11.4. The lowest BCUT2D eigenvalue weighted by Gasteiger charge is -2.38. The van der Waals surface area contributed by atoms with Crippen LogP contribution in [0.3, 0.4) is 0 Å². The summed E-state index contributed by atoms with van der Waals surface area (Å²) >= 11 is 0. The van der Waals surface area contributed by atoms with Gasteiger partial charge in [-0.05, 0) is 67.8 Å². The first-order valence-corrected chi connectivity index (χ1v) is 11.4. The molecular weight excluding hydrogens is 460 g/mol. The standard InChI is InChI=1S/C24H34N10O2/c1-11-7-13(3-5-15(11)21(25)26)35-19-10-20(18(34-24(31)32)9-17(19)33-23(29)30)36-14-4-6-16(22(27)28)12(2)8-14/h3-8,17-20H,9-10H2,1-2H3,(H3,25,26)(H3,27,28)(H4,29,30,33)(H4,31,32,34)/t17-,18+,19-,20+. The molecule has 1 aliphatic carbocycles. The molecule has 0 aromatic heterocycles. The van der Waals surface area contributed by atoms with E-state index in [1.54, 1.807) is 24.3 Å². The van der Waals surface area contributed by atoms with Gasteiger partial charge in [-0.25, -0.2) is 9.98 Å². The number of hydrogen-bond acceptors (Lipinski definition) is 6. The Kier molecular flexibility index (Phi) is 7.87. The maximum absolute atomic E-state index is 7.69. The van der Waals surface area contributed by atoms with Crippen LogP contribution in [0.4, 0.5) is 0 Å². The van der Waals surface area contributed by atoms with Gasteiger partial charge in [-0.2, -0.15) is 0 Å². The van der Waals surface area contributed by atoms with Crippen LogP contribution in [-0.4, -0.2) is 47.9 Å². The van der Waals surface area contributed by atoms with Crippen molar-refractivity contribution in [3.8, 4) is 11.5 Å². The van der Waals surface area contributed by atoms with E-state index in [2.05, 4.69) is 9.98 Å². The van der Waals surface area contributed by atoms with E-state index in [-0.39, 0.29) is 23.6 Å². The Morgan fingerprint density at radius 3 is 1.39 bits per heavy atom. The minimum atomic E-state index is -0.456. The van der Waals surface area contributed by atoms with Crippen molar-refractivity contribution in [2.75, 3.05) is 0 Å². The van der Waals surface area contributed by atoms with Crippen LogP contribution < -0.4 is 43.9 Å². The van der Waals surface area contributed by atoms with E-state index in [1.807, 2.05) is 26.0 Å². The number of benzene rings is 2. The van der Waals surface area contributed by atoms with E-state index in [0.29, 0.717) is 35.5 Å². The van der Waals surface area contributed by atoms with E-state index in [4.69, 9.17) is 54.7 Å². The van der Waals surface area contributed by atoms with E-state index in [9.17, 15) is 0 Å². The maximum Gasteiger partial charge on any atom is 0.186 e. The summed E-state index contributed by atoms with van der Waals surface area (Å²) in [5.74, 6) is 0.979. The van der Waals surface area contributed by atoms with Gasteiger partial charge < -0.3 is 43.9 Å². The fraction of sp³-hybridized carbons (Fsp3) is 0.333. The van der Waals surface area contributed by atoms with E-state index in [0.717, 1.165) is 11.1 Å². The highest BCUT2D eigenvalue weighted by atomic mass is 16.5. The molecule has 1 fully saturated rings. The molecule has 1 saturated carbocycles. The van der Waals surface area contributed by atoms with Crippen molar-refractivity contribution in [2.24, 2.45) is 44.4 Å². The quantitative estimate of drug-likeness (QED) is 0.185. The minimum Gasteiger partial charge on any atom is -0.488 e. The number of guanidine groups is 2. The number of hydrogen-bond donors (Lipinski definition) is 8. The topological polar surface area (TPSA) is 247 Å². The summed E-state index contributed by atoms with van der Waals surface area (Å²) in [6.45, 7) is 3.71. The van der Waals surface area contributed by atoms with Crippen molar-refractivity contribution in [1.82, 2.24) is 0 Å². The molecule has 12 nitrogen and oxygen atoms in total. The Hall–Kier alpha value is -4.48. The number of nitrogens with zero attached hydrogens (tertiary/aromatic N) is 2. The fourth-order valence-electron chi connectivity index (χ4n) is 4.37. The van der Waals surface area contributed by atoms with Crippen molar-refractivity contribution < 1.29 is 9.47 Å². The predicted octanol–water partition coefficient (Wildman–Crippen LogP) is 0.144. The van der Waals surface area contributed by atoms with Gasteiger partial charge in [-0.1, -0.05) is 0 Å². The number of aryl methyl sites for hydroxylation is 2. The van der Waals surface area contributed by atoms with Gasteiger partial charge in [0.05, 0.1) is 12.1 Å². The molecule has 192 valence electrons. The molecule has 0 bridgehead atoms. The highest BCUT2D eigenvalue weighted by molar-refractivity contribution is 5.97. The molecule has 36 heavy (non-hydrogen) atoms. The number of ether oxygens (including phenoxy) is 2. The number of amidine groups is 2. The molecule has 2 aromatic rings. The molecule has 0 saturated heterocycles. The summed E-state index contributed by atoms with van der Waals surface area (Å²) in [6.07, 6.45) is -0.158. The van der Waals surface area contributed by atoms with Crippen LogP contribution in [-0.2, 0) is 0 Å². The lowest BCUT2D eigenvalue weighted by molar-refractivity contribution is 0.0416. The van der Waals surface area contributed by atoms with Gasteiger partial charge in [0.2, 0.25) is 0 Å². The first-order chi connectivity index (χ1) is 16.9. The van der Waals surface area contributed by atoms with Gasteiger partial charge in [-0.15, -0.1) is 0 Å². The molecule has 4 atom stereocenters. The molecule has 0 radical (unpaired) electrons. The van der Waals surface area contributed by atoms with Crippen molar-refractivity contribution in [1.29, 1.82) is 10.8 Å². The van der Waals surface area contributed by atoms with Gasteiger partial charge in [-0.3, -0.25) is 10.8 Å². The Labute approximate surface area is 209 Å². The molecule has 1 aliphatic rings. The molecule has 0 spiro atoms. The van der Waals surface area contributed by atoms with Crippen molar-refractivity contribution in [2.45, 2.75) is 51.0 Å². The highest BCUT2D eigenvalue weighted by Crippen LogP contribution is 2.32. The maximum atomic E-state index is 7.69. The third-order valence-electron chi connectivity index (χ3n) is 5.99. The molecule has 0 amide bonds. The molecule has 3 rings (SSSR count). The second kappa shape index (κ2) is 10.8. The Morgan fingerprint density at radius 1 is 0.694 bits per heavy atom. The minimum absolute atomic E-state index is 0.0188. The van der Waals surface area contributed by atoms with Crippen molar-refractivity contribution in [3.05, 3.63) is 58.7 Å². The number of rotatable bonds is 8. The van der Waals surface area contributed by atoms with Crippen LogP contribution in [0.2, 0.25) is 0 Å². The molecule has 0 aliphatic heterocycles. The fourth-order valence-corrected chi connectivity index (χ4v) is 4.37. The van der Waals surface area contributed by atoms with Gasteiger partial charge in [0.1, 0.15) is 35.4 Å². The van der Waals surface area contributed by atoms with E-state index < -0.39 is 24.3 Å². The zero-order chi connectivity index (χ0) is 26.6. The van der Waals surface area contributed by atoms with Gasteiger partial charge >= 0.3 is 0 Å². The lowest BCUT2D eigenvalue weighted by atomic mass is 9.86. The number of aliphatic imine (C=N–C) groups is 2. The lowest BCUT2D eigenvalue weighted by Crippen LogP contribution is -2.50. The third kappa shape index (κ3) is 6.34. The monoisotopic (exact) mass is 494 g/mol. The Morgan fingerprint density at radius 2 is 1.08 bits per heavy atom. The third-order valence-corrected chi connectivity index (χ3v) is 5.99. The molecular formula is C24H34N10O2. The van der Waals surface area contributed by atoms with Crippen LogP contribution in [0.5, 0.6) is 11.5 Å². The zero-order valence-electron chi connectivity index (χ0n) is 20.4. The van der Waals surface area contributed by atoms with Crippen LogP contribution >= 0.6 is 0 Å². The predicted molar refractivity (Wildman–Crippen MR) is 142 cm³/mol. The van der Waals surface area contributed by atoms with Gasteiger partial charge in [0.15, 0.2) is 11.9 Å². The smallest absolute Gasteiger partial charge is 0.186 e. The van der Waals surface area contributed by atoms with Gasteiger partial charge in [0, 0.05) is 17.5 Å². The zero-order valence-corrected chi connectivity index (χ0v) is 20.4. The summed E-state index contributed by atoms with van der Waals surface area (Å²) in [5, 5.41) is 15.4. The highest BCUT2D eigenvalue weighted by Gasteiger charge is 2.40. The van der Waals surface area contributed by atoms with Crippen LogP contribution in [0.25, 0.3) is 0 Å². The molecule has 0 unspecified atom stereocenters. The summed E-state index contributed by atoms with van der Waals surface area (Å²) in [7, 11) is 0. The normalized spacial score (nSPS) is 21.2. The molecule has 2 aromatic carbocycles. The summed E-state index contributed by atoms with van der Waals surface area (Å²) < 4.78 is 12.6. The van der Waals surface area contributed by atoms with Crippen molar-refractivity contribution in [3.63, 3.8) is 0 Å². The average Bonchev–Trinajstić information content (AvgIpc) is 2.75. The average molecular weight is 495 g/mol. The molecule has 0 heterocycles. The van der Waals surface area contributed by atoms with Crippen LogP contribution in [0.1, 0.15) is 35.1 Å². The Bertz CT molecular complexity index is 1110. The molecule has 14 N–H and O–H groups in total. The summed E-state index contributed by atoms with van der Waals surface area (Å²) in [4.78, 5) is 8.75. The van der Waals surface area contributed by atoms with E-state index >= 15 is 0 Å².